The van der Waals surface area contributed by atoms with E-state index in [2.05, 4.69) is 17.4 Å². The van der Waals surface area contributed by atoms with E-state index in [4.69, 9.17) is 0 Å². The van der Waals surface area contributed by atoms with E-state index >= 15 is 0 Å². The number of aryl methyl sites for hydroxylation is 1. The normalized spacial score (nSPS) is 27.2. The summed E-state index contributed by atoms with van der Waals surface area (Å²) >= 11 is 0. The van der Waals surface area contributed by atoms with Crippen LogP contribution in [0.5, 0.6) is 0 Å². The highest BCUT2D eigenvalue weighted by atomic mass is 32.2. The maximum Gasteiger partial charge on any atom is 0.244 e. The Morgan fingerprint density at radius 3 is 2.12 bits per heavy atom. The van der Waals surface area contributed by atoms with Gasteiger partial charge in [-0.1, -0.05) is 54.8 Å². The van der Waals surface area contributed by atoms with Gasteiger partial charge in [-0.25, -0.2) is 8.42 Å². The third-order valence-electron chi connectivity index (χ3n) is 10.8. The molecule has 0 heterocycles. The lowest BCUT2D eigenvalue weighted by atomic mass is 9.48. The molecule has 5 aliphatic rings. The van der Waals surface area contributed by atoms with Crippen LogP contribution in [-0.4, -0.2) is 50.0 Å². The number of hydrogen-bond acceptors (Lipinski definition) is 4. The summed E-state index contributed by atoms with van der Waals surface area (Å²) in [7, 11) is -3.76. The molecule has 0 unspecified atom stereocenters. The Morgan fingerprint density at radius 2 is 1.56 bits per heavy atom. The molecular weight excluding hydrogens is 558 g/mol. The fourth-order valence-corrected chi connectivity index (χ4v) is 9.89. The van der Waals surface area contributed by atoms with E-state index in [-0.39, 0.29) is 30.5 Å². The van der Waals surface area contributed by atoms with Crippen molar-refractivity contribution >= 4 is 27.5 Å². The first-order valence-corrected chi connectivity index (χ1v) is 18.1. The minimum atomic E-state index is -3.76. The van der Waals surface area contributed by atoms with E-state index in [1.807, 2.05) is 43.3 Å². The zero-order valence-electron chi connectivity index (χ0n) is 25.9. The topological polar surface area (TPSA) is 86.8 Å². The minimum Gasteiger partial charge on any atom is -0.352 e. The number of amides is 2. The smallest absolute Gasteiger partial charge is 0.244 e. The molecule has 0 radical (unpaired) electrons. The number of rotatable bonds is 10. The second-order valence-electron chi connectivity index (χ2n) is 14.2. The van der Waals surface area contributed by atoms with Crippen molar-refractivity contribution in [2.75, 3.05) is 17.1 Å². The molecule has 7 nitrogen and oxygen atoms in total. The first kappa shape index (κ1) is 30.2. The highest BCUT2D eigenvalue weighted by Gasteiger charge is 2.51. The van der Waals surface area contributed by atoms with Crippen LogP contribution in [0.15, 0.2) is 48.5 Å². The molecule has 5 aliphatic carbocycles. The predicted molar refractivity (Wildman–Crippen MR) is 170 cm³/mol. The first-order chi connectivity index (χ1) is 20.5. The molecule has 0 saturated heterocycles. The zero-order valence-corrected chi connectivity index (χ0v) is 26.7. The number of nitrogens with zero attached hydrogens (tertiary/aromatic N) is 2. The first-order valence-electron chi connectivity index (χ1n) is 16.2. The van der Waals surface area contributed by atoms with Crippen LogP contribution < -0.4 is 9.62 Å². The molecule has 232 valence electrons. The molecule has 5 fully saturated rings. The van der Waals surface area contributed by atoms with Crippen LogP contribution in [0.4, 0.5) is 5.69 Å². The zero-order chi connectivity index (χ0) is 30.4. The molecule has 7 rings (SSSR count). The van der Waals surface area contributed by atoms with Crippen molar-refractivity contribution in [1.82, 2.24) is 10.2 Å². The minimum absolute atomic E-state index is 0.130. The molecular formula is C35H47N3O4S. The average molecular weight is 606 g/mol. The lowest BCUT2D eigenvalue weighted by Crippen LogP contribution is -2.52. The van der Waals surface area contributed by atoms with Crippen LogP contribution in [0.3, 0.4) is 0 Å². The van der Waals surface area contributed by atoms with Crippen molar-refractivity contribution in [1.29, 1.82) is 0 Å². The lowest BCUT2D eigenvalue weighted by molar-refractivity contribution is -0.139. The van der Waals surface area contributed by atoms with Gasteiger partial charge in [-0.3, -0.25) is 13.9 Å². The second kappa shape index (κ2) is 11.9. The van der Waals surface area contributed by atoms with E-state index in [9.17, 15) is 18.0 Å². The van der Waals surface area contributed by atoms with Crippen molar-refractivity contribution in [3.63, 3.8) is 0 Å². The number of anilines is 1. The summed E-state index contributed by atoms with van der Waals surface area (Å²) in [6.45, 7) is 3.60. The van der Waals surface area contributed by atoms with Crippen LogP contribution in [0.1, 0.15) is 87.8 Å². The molecule has 1 atom stereocenters. The van der Waals surface area contributed by atoms with Crippen molar-refractivity contribution in [2.24, 2.45) is 17.8 Å². The van der Waals surface area contributed by atoms with E-state index in [0.29, 0.717) is 5.69 Å². The van der Waals surface area contributed by atoms with Crippen LogP contribution in [-0.2, 0) is 31.6 Å². The van der Waals surface area contributed by atoms with Gasteiger partial charge >= 0.3 is 0 Å². The average Bonchev–Trinajstić information content (AvgIpc) is 3.46. The molecule has 4 bridgehead atoms. The maximum atomic E-state index is 14.0. The van der Waals surface area contributed by atoms with Gasteiger partial charge in [-0.05, 0) is 112 Å². The molecule has 2 aromatic rings. The summed E-state index contributed by atoms with van der Waals surface area (Å²) in [5.41, 5.74) is 3.98. The van der Waals surface area contributed by atoms with E-state index in [1.165, 1.54) is 53.3 Å². The Balaban J connectivity index is 1.23. The van der Waals surface area contributed by atoms with Crippen molar-refractivity contribution in [3.05, 3.63) is 65.2 Å². The van der Waals surface area contributed by atoms with Gasteiger partial charge in [0.1, 0.15) is 12.6 Å². The molecule has 2 aromatic carbocycles. The van der Waals surface area contributed by atoms with Crippen molar-refractivity contribution in [3.8, 4) is 0 Å². The largest absolute Gasteiger partial charge is 0.352 e. The van der Waals surface area contributed by atoms with Crippen LogP contribution in [0, 0.1) is 24.7 Å². The van der Waals surface area contributed by atoms with Crippen molar-refractivity contribution < 1.29 is 18.0 Å². The third kappa shape index (κ3) is 6.50. The van der Waals surface area contributed by atoms with Gasteiger partial charge in [0, 0.05) is 12.6 Å². The molecule has 43 heavy (non-hydrogen) atoms. The Kier molecular flexibility index (Phi) is 8.35. The van der Waals surface area contributed by atoms with Gasteiger partial charge in [0.15, 0.2) is 0 Å². The fraction of sp³-hybridized carbons (Fsp3) is 0.600. The Morgan fingerprint density at radius 1 is 0.953 bits per heavy atom. The van der Waals surface area contributed by atoms with Gasteiger partial charge in [0.2, 0.25) is 21.8 Å². The summed E-state index contributed by atoms with van der Waals surface area (Å²) in [6, 6.07) is 15.2. The highest BCUT2D eigenvalue weighted by molar-refractivity contribution is 7.92. The Hall–Kier alpha value is -2.87. The van der Waals surface area contributed by atoms with E-state index in [1.54, 1.807) is 6.92 Å². The van der Waals surface area contributed by atoms with Crippen molar-refractivity contribution in [2.45, 2.75) is 102 Å². The molecule has 8 heteroatoms. The summed E-state index contributed by atoms with van der Waals surface area (Å²) in [6.07, 6.45) is 13.1. The third-order valence-corrected chi connectivity index (χ3v) is 11.9. The Labute approximate surface area is 257 Å². The van der Waals surface area contributed by atoms with Gasteiger partial charge in [-0.2, -0.15) is 0 Å². The molecule has 5 saturated carbocycles. The molecule has 0 aromatic heterocycles. The molecule has 2 amide bonds. The van der Waals surface area contributed by atoms with E-state index < -0.39 is 22.0 Å². The monoisotopic (exact) mass is 605 g/mol. The predicted octanol–water partition coefficient (Wildman–Crippen LogP) is 5.70. The van der Waals surface area contributed by atoms with E-state index in [0.717, 1.165) is 60.8 Å². The highest BCUT2D eigenvalue weighted by Crippen LogP contribution is 2.60. The lowest BCUT2D eigenvalue weighted by Gasteiger charge is -2.57. The SMILES string of the molecule is Cc1cccc(CN(C(=O)CN(c2ccc(C34CC5CC(CC(C5)C3)C4)cc2)S(C)(=O)=O)[C@@H](C)C(=O)NC2CCCC2)c1. The summed E-state index contributed by atoms with van der Waals surface area (Å²) in [5.74, 6) is 1.87. The standard InChI is InChI=1S/C35H47N3O4S/c1-24-7-6-8-26(15-24)22-37(25(2)34(40)36-31-9-4-5-10-31)33(39)23-38(43(3,41)42)32-13-11-30(12-14-32)35-19-27-16-28(20-35)18-29(17-27)21-35/h6-8,11-15,25,27-29,31H,4-5,9-10,16-23H2,1-3H3,(H,36,40)/t25-,27?,28?,29?,35?/m0/s1. The summed E-state index contributed by atoms with van der Waals surface area (Å²) < 4.78 is 27.4. The molecule has 0 aliphatic heterocycles. The quantitative estimate of drug-likeness (QED) is 0.376. The van der Waals surface area contributed by atoms with Crippen LogP contribution >= 0.6 is 0 Å². The number of carbonyl (C=O) groups is 2. The van der Waals surface area contributed by atoms with Crippen LogP contribution in [0.2, 0.25) is 0 Å². The number of benzene rings is 2. The van der Waals surface area contributed by atoms with Crippen LogP contribution in [0.25, 0.3) is 0 Å². The molecule has 0 spiro atoms. The summed E-state index contributed by atoms with van der Waals surface area (Å²) in [4.78, 5) is 28.8. The fourth-order valence-electron chi connectivity index (χ4n) is 9.04. The van der Waals surface area contributed by atoms with Gasteiger partial charge in [-0.15, -0.1) is 0 Å². The van der Waals surface area contributed by atoms with Gasteiger partial charge < -0.3 is 10.2 Å². The Bertz CT molecular complexity index is 1410. The van der Waals surface area contributed by atoms with Gasteiger partial charge in [0.25, 0.3) is 0 Å². The number of carbonyl (C=O) groups excluding carboxylic acids is 2. The summed E-state index contributed by atoms with van der Waals surface area (Å²) in [5, 5.41) is 3.12. The number of nitrogens with one attached hydrogen (secondary N) is 1. The number of hydrogen-bond donors (Lipinski definition) is 1. The number of sulfonamides is 1. The maximum absolute atomic E-state index is 14.0. The molecule has 1 N–H and O–H groups in total. The second-order valence-corrected chi connectivity index (χ2v) is 16.1. The van der Waals surface area contributed by atoms with Gasteiger partial charge in [0.05, 0.1) is 11.9 Å².